The minimum atomic E-state index is 0.244. The fourth-order valence-corrected chi connectivity index (χ4v) is 1.56. The smallest absolute Gasteiger partial charge is 0.0587 e. The van der Waals surface area contributed by atoms with Crippen molar-refractivity contribution in [3.05, 3.63) is 0 Å². The zero-order valence-corrected chi connectivity index (χ0v) is 8.01. The van der Waals surface area contributed by atoms with Crippen LogP contribution in [0.5, 0.6) is 0 Å². The van der Waals surface area contributed by atoms with Gasteiger partial charge in [-0.2, -0.15) is 0 Å². The predicted octanol–water partition coefficient (Wildman–Crippen LogP) is -0.0452. The van der Waals surface area contributed by atoms with Crippen molar-refractivity contribution in [2.45, 2.75) is 32.4 Å². The summed E-state index contributed by atoms with van der Waals surface area (Å²) in [5.41, 5.74) is 0. The molecule has 0 aromatic carbocycles. The maximum Gasteiger partial charge on any atom is 0.0587 e. The molecule has 0 amide bonds. The highest BCUT2D eigenvalue weighted by Crippen LogP contribution is 2.05. The van der Waals surface area contributed by atoms with Crippen LogP contribution in [0.4, 0.5) is 0 Å². The molecule has 1 aliphatic rings. The second-order valence-corrected chi connectivity index (χ2v) is 3.89. The van der Waals surface area contributed by atoms with E-state index >= 15 is 0 Å². The molecule has 0 aromatic heterocycles. The molecular formula is C9H20N2O. The predicted molar refractivity (Wildman–Crippen MR) is 50.1 cm³/mol. The van der Waals surface area contributed by atoms with Gasteiger partial charge in [-0.3, -0.25) is 0 Å². The molecule has 12 heavy (non-hydrogen) atoms. The van der Waals surface area contributed by atoms with Crippen LogP contribution in [-0.4, -0.2) is 36.9 Å². The summed E-state index contributed by atoms with van der Waals surface area (Å²) in [4.78, 5) is 0. The molecule has 1 saturated heterocycles. The van der Waals surface area contributed by atoms with E-state index in [4.69, 9.17) is 5.11 Å². The highest BCUT2D eigenvalue weighted by Gasteiger charge is 2.19. The van der Waals surface area contributed by atoms with E-state index in [9.17, 15) is 0 Å². The lowest BCUT2D eigenvalue weighted by atomic mass is 10.0. The van der Waals surface area contributed by atoms with Gasteiger partial charge < -0.3 is 15.7 Å². The first-order valence-electron chi connectivity index (χ1n) is 4.81. The molecule has 2 unspecified atom stereocenters. The third-order valence-electron chi connectivity index (χ3n) is 2.51. The maximum atomic E-state index is 9.07. The van der Waals surface area contributed by atoms with E-state index in [0.717, 1.165) is 13.1 Å². The number of rotatable bonds is 4. The highest BCUT2D eigenvalue weighted by atomic mass is 16.3. The molecule has 3 nitrogen and oxygen atoms in total. The van der Waals surface area contributed by atoms with Gasteiger partial charge >= 0.3 is 0 Å². The molecule has 0 aliphatic carbocycles. The Hall–Kier alpha value is -0.120. The van der Waals surface area contributed by atoms with Crippen LogP contribution in [0.15, 0.2) is 0 Å². The number of nitrogens with one attached hydrogen (secondary N) is 2. The lowest BCUT2D eigenvalue weighted by molar-refractivity contribution is 0.201. The van der Waals surface area contributed by atoms with Crippen LogP contribution in [0.25, 0.3) is 0 Å². The summed E-state index contributed by atoms with van der Waals surface area (Å²) >= 11 is 0. The van der Waals surface area contributed by atoms with Crippen molar-refractivity contribution in [2.24, 2.45) is 5.92 Å². The molecule has 72 valence electrons. The van der Waals surface area contributed by atoms with Crippen LogP contribution >= 0.6 is 0 Å². The first kappa shape index (κ1) is 9.96. The molecule has 0 aromatic rings. The van der Waals surface area contributed by atoms with Gasteiger partial charge in [0, 0.05) is 18.6 Å². The summed E-state index contributed by atoms with van der Waals surface area (Å²) in [5.74, 6) is 0.510. The van der Waals surface area contributed by atoms with Gasteiger partial charge in [0.1, 0.15) is 0 Å². The van der Waals surface area contributed by atoms with Crippen LogP contribution < -0.4 is 10.6 Å². The molecule has 0 bridgehead atoms. The summed E-state index contributed by atoms with van der Waals surface area (Å²) in [5, 5.41) is 15.8. The molecule has 3 N–H and O–H groups in total. The number of aliphatic hydroxyl groups is 1. The van der Waals surface area contributed by atoms with Crippen molar-refractivity contribution in [3.8, 4) is 0 Å². The van der Waals surface area contributed by atoms with Crippen LogP contribution in [0, 0.1) is 5.92 Å². The van der Waals surface area contributed by atoms with Gasteiger partial charge in [-0.05, 0) is 18.9 Å². The Kier molecular flexibility index (Phi) is 3.98. The lowest BCUT2D eigenvalue weighted by Gasteiger charge is -2.23. The third-order valence-corrected chi connectivity index (χ3v) is 2.51. The summed E-state index contributed by atoms with van der Waals surface area (Å²) < 4.78 is 0. The summed E-state index contributed by atoms with van der Waals surface area (Å²) in [6, 6.07) is 0.819. The molecule has 0 radical (unpaired) electrons. The molecular weight excluding hydrogens is 152 g/mol. The minimum absolute atomic E-state index is 0.244. The van der Waals surface area contributed by atoms with Crippen molar-refractivity contribution in [3.63, 3.8) is 0 Å². The molecule has 1 heterocycles. The minimum Gasteiger partial charge on any atom is -0.395 e. The Labute approximate surface area is 74.5 Å². The zero-order valence-electron chi connectivity index (χ0n) is 8.01. The fourth-order valence-electron chi connectivity index (χ4n) is 1.56. The number of hydrogen-bond donors (Lipinski definition) is 3. The second-order valence-electron chi connectivity index (χ2n) is 3.89. The van der Waals surface area contributed by atoms with Gasteiger partial charge in [0.2, 0.25) is 0 Å². The Balaban J connectivity index is 2.26. The fraction of sp³-hybridized carbons (Fsp3) is 1.00. The van der Waals surface area contributed by atoms with Gasteiger partial charge in [0.25, 0.3) is 0 Å². The largest absolute Gasteiger partial charge is 0.395 e. The van der Waals surface area contributed by atoms with Crippen LogP contribution in [0.1, 0.15) is 20.3 Å². The molecule has 0 spiro atoms. The van der Waals surface area contributed by atoms with E-state index in [1.807, 2.05) is 0 Å². The van der Waals surface area contributed by atoms with Gasteiger partial charge in [-0.1, -0.05) is 13.8 Å². The number of hydrogen-bond acceptors (Lipinski definition) is 3. The average molecular weight is 172 g/mol. The summed E-state index contributed by atoms with van der Waals surface area (Å²) in [6.45, 7) is 6.66. The topological polar surface area (TPSA) is 44.3 Å². The van der Waals surface area contributed by atoms with Crippen LogP contribution in [-0.2, 0) is 0 Å². The Bertz CT molecular complexity index is 122. The standard InChI is InChI=1S/C9H20N2O/c1-7(2)9(6-12)11-8-3-4-10-5-8/h7-12H,3-6H2,1-2H3. The Morgan fingerprint density at radius 2 is 2.33 bits per heavy atom. The third kappa shape index (κ3) is 2.73. The van der Waals surface area contributed by atoms with Crippen molar-refractivity contribution in [1.82, 2.24) is 10.6 Å². The Morgan fingerprint density at radius 1 is 1.58 bits per heavy atom. The van der Waals surface area contributed by atoms with E-state index in [0.29, 0.717) is 12.0 Å². The molecule has 0 saturated carbocycles. The normalized spacial score (nSPS) is 26.5. The molecule has 1 aliphatic heterocycles. The molecule has 1 fully saturated rings. The molecule has 3 heteroatoms. The summed E-state index contributed by atoms with van der Waals surface area (Å²) in [6.07, 6.45) is 1.18. The Morgan fingerprint density at radius 3 is 2.75 bits per heavy atom. The van der Waals surface area contributed by atoms with Crippen molar-refractivity contribution in [1.29, 1.82) is 0 Å². The zero-order chi connectivity index (χ0) is 8.97. The van der Waals surface area contributed by atoms with Crippen LogP contribution in [0.2, 0.25) is 0 Å². The van der Waals surface area contributed by atoms with Gasteiger partial charge in [-0.25, -0.2) is 0 Å². The van der Waals surface area contributed by atoms with Gasteiger partial charge in [-0.15, -0.1) is 0 Å². The number of aliphatic hydroxyl groups excluding tert-OH is 1. The first-order valence-corrected chi connectivity index (χ1v) is 4.81. The van der Waals surface area contributed by atoms with E-state index < -0.39 is 0 Å². The lowest BCUT2D eigenvalue weighted by Crippen LogP contribution is -2.44. The SMILES string of the molecule is CC(C)C(CO)NC1CCNC1. The van der Waals surface area contributed by atoms with Crippen LogP contribution in [0.3, 0.4) is 0 Å². The van der Waals surface area contributed by atoms with Crippen molar-refractivity contribution < 1.29 is 5.11 Å². The van der Waals surface area contributed by atoms with E-state index in [1.165, 1.54) is 6.42 Å². The highest BCUT2D eigenvalue weighted by molar-refractivity contribution is 4.82. The van der Waals surface area contributed by atoms with Gasteiger partial charge in [0.05, 0.1) is 6.61 Å². The van der Waals surface area contributed by atoms with E-state index in [-0.39, 0.29) is 12.6 Å². The average Bonchev–Trinajstić information content (AvgIpc) is 2.51. The molecule has 2 atom stereocenters. The monoisotopic (exact) mass is 172 g/mol. The molecule has 1 rings (SSSR count). The maximum absolute atomic E-state index is 9.07. The second kappa shape index (κ2) is 4.80. The van der Waals surface area contributed by atoms with Gasteiger partial charge in [0.15, 0.2) is 0 Å². The van der Waals surface area contributed by atoms with Crippen molar-refractivity contribution in [2.75, 3.05) is 19.7 Å². The van der Waals surface area contributed by atoms with E-state index in [2.05, 4.69) is 24.5 Å². The summed E-state index contributed by atoms with van der Waals surface area (Å²) in [7, 11) is 0. The first-order chi connectivity index (χ1) is 5.74. The van der Waals surface area contributed by atoms with Crippen molar-refractivity contribution >= 4 is 0 Å². The quantitative estimate of drug-likeness (QED) is 0.557. The van der Waals surface area contributed by atoms with E-state index in [1.54, 1.807) is 0 Å².